The minimum atomic E-state index is 0.0995. The van der Waals surface area contributed by atoms with Gasteiger partial charge in [0.2, 0.25) is 0 Å². The highest BCUT2D eigenvalue weighted by atomic mass is 79.9. The average Bonchev–Trinajstić information content (AvgIpc) is 1.27. The first-order valence-electron chi connectivity index (χ1n) is 2.31. The van der Waals surface area contributed by atoms with E-state index in [1.54, 1.807) is 0 Å². The normalized spacial score (nSPS) is 9.71. The molecule has 0 rings (SSSR count). The Labute approximate surface area is 52.2 Å². The lowest BCUT2D eigenvalue weighted by atomic mass is 10.2. The summed E-state index contributed by atoms with van der Waals surface area (Å²) in [7, 11) is 0. The van der Waals surface area contributed by atoms with Gasteiger partial charge in [-0.15, -0.1) is 0 Å². The molecule has 2 heteroatoms. The van der Waals surface area contributed by atoms with Gasteiger partial charge in [-0.05, 0) is 21.8 Å². The van der Waals surface area contributed by atoms with Crippen molar-refractivity contribution in [2.45, 2.75) is 20.3 Å². The van der Waals surface area contributed by atoms with Gasteiger partial charge in [-0.3, -0.25) is 4.79 Å². The maximum atomic E-state index is 10.2. The molecule has 0 fully saturated rings. The van der Waals surface area contributed by atoms with Crippen LogP contribution in [0.25, 0.3) is 0 Å². The fourth-order valence-electron chi connectivity index (χ4n) is 0.321. The number of carbonyl (C=O) groups is 1. The molecule has 0 saturated heterocycles. The summed E-state index contributed by atoms with van der Waals surface area (Å²) >= 11 is 2.84. The first-order valence-corrected chi connectivity index (χ1v) is 3.10. The van der Waals surface area contributed by atoms with Gasteiger partial charge in [0.05, 0.1) is 0 Å². The van der Waals surface area contributed by atoms with Gasteiger partial charge in [0.25, 0.3) is 0 Å². The van der Waals surface area contributed by atoms with Crippen LogP contribution in [0, 0.1) is 5.92 Å². The molecule has 0 saturated carbocycles. The van der Waals surface area contributed by atoms with Crippen molar-refractivity contribution in [2.75, 3.05) is 0 Å². The maximum Gasteiger partial charge on any atom is 0.198 e. The molecule has 0 radical (unpaired) electrons. The largest absolute Gasteiger partial charge is 0.287 e. The van der Waals surface area contributed by atoms with Crippen LogP contribution in [0.5, 0.6) is 0 Å². The number of rotatable bonds is 2. The summed E-state index contributed by atoms with van der Waals surface area (Å²) in [5.41, 5.74) is 0. The molecular weight excluding hydrogens is 156 g/mol. The summed E-state index contributed by atoms with van der Waals surface area (Å²) in [6, 6.07) is 0. The molecule has 0 unspecified atom stereocenters. The van der Waals surface area contributed by atoms with Crippen molar-refractivity contribution in [1.29, 1.82) is 0 Å². The highest BCUT2D eigenvalue weighted by Gasteiger charge is 1.97. The smallest absolute Gasteiger partial charge is 0.198 e. The van der Waals surface area contributed by atoms with E-state index < -0.39 is 0 Å². The van der Waals surface area contributed by atoms with Crippen molar-refractivity contribution >= 4 is 20.6 Å². The summed E-state index contributed by atoms with van der Waals surface area (Å²) in [4.78, 5) is 10.2. The summed E-state index contributed by atoms with van der Waals surface area (Å²) < 4.78 is 0.0995. The number of carbonyl (C=O) groups excluding carboxylic acids is 1. The second-order valence-corrected chi connectivity index (χ2v) is 2.84. The molecule has 0 aromatic heterocycles. The fraction of sp³-hybridized carbons (Fsp3) is 0.800. The van der Waals surface area contributed by atoms with Crippen LogP contribution in [0.3, 0.4) is 0 Å². The molecule has 0 aromatic rings. The van der Waals surface area contributed by atoms with E-state index in [2.05, 4.69) is 15.9 Å². The first-order chi connectivity index (χ1) is 3.13. The van der Waals surface area contributed by atoms with E-state index in [0.717, 1.165) is 0 Å². The second-order valence-electron chi connectivity index (χ2n) is 1.95. The average molecular weight is 165 g/mol. The Morgan fingerprint density at radius 2 is 2.14 bits per heavy atom. The highest BCUT2D eigenvalue weighted by Crippen LogP contribution is 2.02. The third-order valence-electron chi connectivity index (χ3n) is 0.569. The van der Waals surface area contributed by atoms with E-state index in [0.29, 0.717) is 12.3 Å². The van der Waals surface area contributed by atoms with E-state index >= 15 is 0 Å². The van der Waals surface area contributed by atoms with Crippen LogP contribution < -0.4 is 0 Å². The SMILES string of the molecule is CC(C)CC(=O)Br. The predicted octanol–water partition coefficient (Wildman–Crippen LogP) is 1.95. The molecule has 0 atom stereocenters. The Hall–Kier alpha value is 0.150. The van der Waals surface area contributed by atoms with Crippen LogP contribution in [-0.4, -0.2) is 4.69 Å². The molecule has 7 heavy (non-hydrogen) atoms. The van der Waals surface area contributed by atoms with Gasteiger partial charge in [-0.25, -0.2) is 0 Å². The van der Waals surface area contributed by atoms with Crippen LogP contribution in [0.15, 0.2) is 0 Å². The zero-order valence-electron chi connectivity index (χ0n) is 4.57. The Morgan fingerprint density at radius 3 is 2.14 bits per heavy atom. The molecule has 1 nitrogen and oxygen atoms in total. The summed E-state index contributed by atoms with van der Waals surface area (Å²) in [6.07, 6.45) is 0.639. The van der Waals surface area contributed by atoms with E-state index in [9.17, 15) is 4.79 Å². The topological polar surface area (TPSA) is 17.1 Å². The van der Waals surface area contributed by atoms with Crippen molar-refractivity contribution in [3.8, 4) is 0 Å². The van der Waals surface area contributed by atoms with E-state index in [1.165, 1.54) is 0 Å². The van der Waals surface area contributed by atoms with Gasteiger partial charge in [-0.1, -0.05) is 13.8 Å². The van der Waals surface area contributed by atoms with Crippen LogP contribution in [0.2, 0.25) is 0 Å². The molecule has 0 heterocycles. The first kappa shape index (κ1) is 7.15. The monoisotopic (exact) mass is 164 g/mol. The van der Waals surface area contributed by atoms with Crippen molar-refractivity contribution in [1.82, 2.24) is 0 Å². The summed E-state index contributed by atoms with van der Waals surface area (Å²) in [6.45, 7) is 4.03. The Kier molecular flexibility index (Phi) is 3.26. The molecule has 0 aliphatic heterocycles. The maximum absolute atomic E-state index is 10.2. The van der Waals surface area contributed by atoms with Crippen LogP contribution in [0.4, 0.5) is 0 Å². The Bertz CT molecular complexity index is 68.5. The zero-order chi connectivity index (χ0) is 5.86. The standard InChI is InChI=1S/C5H9BrO/c1-4(2)3-5(6)7/h4H,3H2,1-2H3. The molecule has 0 N–H and O–H groups in total. The third kappa shape index (κ3) is 6.15. The number of hydrogen-bond acceptors (Lipinski definition) is 1. The quantitative estimate of drug-likeness (QED) is 0.571. The lowest BCUT2D eigenvalue weighted by Crippen LogP contribution is -1.92. The molecule has 0 aliphatic rings. The van der Waals surface area contributed by atoms with Gasteiger partial charge in [0.1, 0.15) is 0 Å². The lowest BCUT2D eigenvalue weighted by Gasteiger charge is -1.94. The van der Waals surface area contributed by atoms with Crippen LogP contribution in [-0.2, 0) is 4.79 Å². The molecular formula is C5H9BrO. The Morgan fingerprint density at radius 1 is 1.71 bits per heavy atom. The molecule has 0 aromatic carbocycles. The van der Waals surface area contributed by atoms with Crippen molar-refractivity contribution in [2.24, 2.45) is 5.92 Å². The van der Waals surface area contributed by atoms with Gasteiger partial charge in [0, 0.05) is 6.42 Å². The summed E-state index contributed by atoms with van der Waals surface area (Å²) in [5.74, 6) is 0.479. The number of hydrogen-bond donors (Lipinski definition) is 0. The van der Waals surface area contributed by atoms with Crippen LogP contribution in [0.1, 0.15) is 20.3 Å². The molecule has 42 valence electrons. The van der Waals surface area contributed by atoms with Gasteiger partial charge in [0.15, 0.2) is 4.69 Å². The molecule has 0 aliphatic carbocycles. The molecule has 0 bridgehead atoms. The predicted molar refractivity (Wildman–Crippen MR) is 33.4 cm³/mol. The minimum Gasteiger partial charge on any atom is -0.287 e. The molecule has 0 amide bonds. The van der Waals surface area contributed by atoms with E-state index in [-0.39, 0.29) is 4.69 Å². The van der Waals surface area contributed by atoms with Crippen LogP contribution >= 0.6 is 15.9 Å². The lowest BCUT2D eigenvalue weighted by molar-refractivity contribution is -0.110. The minimum absolute atomic E-state index is 0.0995. The molecule has 0 spiro atoms. The highest BCUT2D eigenvalue weighted by molar-refractivity contribution is 9.18. The summed E-state index contributed by atoms with van der Waals surface area (Å²) in [5, 5.41) is 0. The van der Waals surface area contributed by atoms with Crippen molar-refractivity contribution < 1.29 is 4.79 Å². The van der Waals surface area contributed by atoms with Crippen molar-refractivity contribution in [3.05, 3.63) is 0 Å². The van der Waals surface area contributed by atoms with E-state index in [1.807, 2.05) is 13.8 Å². The third-order valence-corrected chi connectivity index (χ3v) is 0.892. The second kappa shape index (κ2) is 3.19. The van der Waals surface area contributed by atoms with Crippen molar-refractivity contribution in [3.63, 3.8) is 0 Å². The van der Waals surface area contributed by atoms with Gasteiger partial charge in [-0.2, -0.15) is 0 Å². The Balaban J connectivity index is 3.13. The number of halogens is 1. The van der Waals surface area contributed by atoms with E-state index in [4.69, 9.17) is 0 Å². The zero-order valence-corrected chi connectivity index (χ0v) is 6.16. The van der Waals surface area contributed by atoms with Gasteiger partial charge >= 0.3 is 0 Å². The van der Waals surface area contributed by atoms with Gasteiger partial charge < -0.3 is 0 Å². The fourth-order valence-corrected chi connectivity index (χ4v) is 0.968.